The first-order valence-electron chi connectivity index (χ1n) is 10.0. The summed E-state index contributed by atoms with van der Waals surface area (Å²) in [4.78, 5) is 40.7. The largest absolute Gasteiger partial charge is 0.439 e. The first-order valence-corrected chi connectivity index (χ1v) is 10.0. The summed E-state index contributed by atoms with van der Waals surface area (Å²) < 4.78 is 5.40. The number of nitrogens with one attached hydrogen (secondary N) is 2. The second-order valence-electron chi connectivity index (χ2n) is 7.21. The Kier molecular flexibility index (Phi) is 5.98. The molecule has 0 aliphatic rings. The summed E-state index contributed by atoms with van der Waals surface area (Å²) in [6.45, 7) is 0. The van der Waals surface area contributed by atoms with Crippen LogP contribution in [0.15, 0.2) is 91.1 Å². The lowest BCUT2D eigenvalue weighted by atomic mass is 9.95. The van der Waals surface area contributed by atoms with Gasteiger partial charge in [-0.25, -0.2) is 4.79 Å². The number of nitrogens with two attached hydrogens (primary N) is 1. The van der Waals surface area contributed by atoms with E-state index in [9.17, 15) is 14.4 Å². The molecule has 4 N–H and O–H groups in total. The van der Waals surface area contributed by atoms with Gasteiger partial charge >= 0.3 is 6.09 Å². The van der Waals surface area contributed by atoms with Crippen molar-refractivity contribution < 1.29 is 19.1 Å². The third kappa shape index (κ3) is 4.37. The van der Waals surface area contributed by atoms with E-state index in [-0.39, 0.29) is 5.56 Å². The highest BCUT2D eigenvalue weighted by molar-refractivity contribution is 6.45. The summed E-state index contributed by atoms with van der Waals surface area (Å²) in [7, 11) is 0. The Morgan fingerprint density at radius 3 is 2.06 bits per heavy atom. The lowest BCUT2D eigenvalue weighted by Crippen LogP contribution is -2.39. The Labute approximate surface area is 184 Å². The molecule has 0 aliphatic heterocycles. The van der Waals surface area contributed by atoms with Crippen LogP contribution in [0.3, 0.4) is 0 Å². The van der Waals surface area contributed by atoms with Crippen LogP contribution in [0.1, 0.15) is 33.6 Å². The zero-order chi connectivity index (χ0) is 22.5. The highest BCUT2D eigenvalue weighted by atomic mass is 16.6. The molecule has 2 amide bonds. The van der Waals surface area contributed by atoms with Crippen LogP contribution in [0.2, 0.25) is 0 Å². The van der Waals surface area contributed by atoms with Crippen molar-refractivity contribution in [3.63, 3.8) is 0 Å². The van der Waals surface area contributed by atoms with Crippen molar-refractivity contribution in [3.05, 3.63) is 108 Å². The molecule has 32 heavy (non-hydrogen) atoms. The van der Waals surface area contributed by atoms with Crippen LogP contribution in [0, 0.1) is 0 Å². The number of para-hydroxylation sites is 1. The van der Waals surface area contributed by atoms with Gasteiger partial charge in [0.25, 0.3) is 11.7 Å². The number of rotatable bonds is 7. The molecule has 2 atom stereocenters. The fourth-order valence-electron chi connectivity index (χ4n) is 3.68. The smallest absolute Gasteiger partial charge is 0.405 e. The van der Waals surface area contributed by atoms with E-state index in [2.05, 4.69) is 10.3 Å². The van der Waals surface area contributed by atoms with Crippen LogP contribution < -0.4 is 11.1 Å². The van der Waals surface area contributed by atoms with E-state index in [1.54, 1.807) is 60.7 Å². The Hall–Kier alpha value is -4.39. The maximum atomic E-state index is 13.0. The Morgan fingerprint density at radius 2 is 1.41 bits per heavy atom. The SMILES string of the molecule is NC(=O)O[C@H](c1ccccc1)[C@H](NC(=O)C(=O)c1c[nH]c2ccccc12)c1ccccc1. The molecule has 0 unspecified atom stereocenters. The van der Waals surface area contributed by atoms with Gasteiger partial charge in [0.2, 0.25) is 0 Å². The minimum Gasteiger partial charge on any atom is -0.439 e. The van der Waals surface area contributed by atoms with E-state index < -0.39 is 29.9 Å². The van der Waals surface area contributed by atoms with Crippen LogP contribution in [0.25, 0.3) is 10.9 Å². The molecule has 0 spiro atoms. The molecule has 1 heterocycles. The van der Waals surface area contributed by atoms with Crippen LogP contribution in [-0.4, -0.2) is 22.8 Å². The fourth-order valence-corrected chi connectivity index (χ4v) is 3.68. The van der Waals surface area contributed by atoms with Gasteiger partial charge in [-0.3, -0.25) is 9.59 Å². The Morgan fingerprint density at radius 1 is 0.812 bits per heavy atom. The lowest BCUT2D eigenvalue weighted by molar-refractivity contribution is -0.118. The summed E-state index contributed by atoms with van der Waals surface area (Å²) in [6.07, 6.45) is -0.411. The molecule has 0 bridgehead atoms. The van der Waals surface area contributed by atoms with Crippen molar-refractivity contribution >= 4 is 28.7 Å². The number of aromatic nitrogens is 1. The third-order valence-electron chi connectivity index (χ3n) is 5.16. The van der Waals surface area contributed by atoms with Crippen molar-refractivity contribution in [2.75, 3.05) is 0 Å². The van der Waals surface area contributed by atoms with Crippen molar-refractivity contribution in [2.45, 2.75) is 12.1 Å². The first-order chi connectivity index (χ1) is 15.5. The highest BCUT2D eigenvalue weighted by Gasteiger charge is 2.32. The summed E-state index contributed by atoms with van der Waals surface area (Å²) >= 11 is 0. The number of primary amides is 1. The molecule has 0 aliphatic carbocycles. The van der Waals surface area contributed by atoms with Crippen LogP contribution in [-0.2, 0) is 9.53 Å². The Balaban J connectivity index is 1.69. The lowest BCUT2D eigenvalue weighted by Gasteiger charge is -2.28. The minimum absolute atomic E-state index is 0.261. The normalized spacial score (nSPS) is 12.6. The molecule has 0 saturated heterocycles. The van der Waals surface area contributed by atoms with E-state index in [1.807, 2.05) is 24.3 Å². The van der Waals surface area contributed by atoms with E-state index in [0.717, 1.165) is 5.52 Å². The van der Waals surface area contributed by atoms with E-state index >= 15 is 0 Å². The number of hydrogen-bond donors (Lipinski definition) is 3. The molecule has 4 rings (SSSR count). The van der Waals surface area contributed by atoms with Gasteiger partial charge in [-0.2, -0.15) is 0 Å². The quantitative estimate of drug-likeness (QED) is 0.305. The van der Waals surface area contributed by atoms with Gasteiger partial charge in [-0.05, 0) is 17.2 Å². The predicted molar refractivity (Wildman–Crippen MR) is 120 cm³/mol. The fraction of sp³-hybridized carbons (Fsp3) is 0.0800. The van der Waals surface area contributed by atoms with Crippen molar-refractivity contribution in [2.24, 2.45) is 5.73 Å². The van der Waals surface area contributed by atoms with Gasteiger partial charge in [0.15, 0.2) is 6.10 Å². The topological polar surface area (TPSA) is 114 Å². The van der Waals surface area contributed by atoms with Gasteiger partial charge in [-0.15, -0.1) is 0 Å². The van der Waals surface area contributed by atoms with Crippen molar-refractivity contribution in [3.8, 4) is 0 Å². The number of ketones is 1. The van der Waals surface area contributed by atoms with E-state index in [4.69, 9.17) is 10.5 Å². The minimum atomic E-state index is -0.989. The zero-order valence-electron chi connectivity index (χ0n) is 17.0. The molecule has 7 heteroatoms. The number of benzene rings is 3. The van der Waals surface area contributed by atoms with Crippen LogP contribution in [0.5, 0.6) is 0 Å². The average molecular weight is 427 g/mol. The monoisotopic (exact) mass is 427 g/mol. The molecular formula is C25H21N3O4. The molecule has 7 nitrogen and oxygen atoms in total. The molecule has 3 aromatic carbocycles. The standard InChI is InChI=1S/C25H21N3O4/c26-25(31)32-23(17-11-5-2-6-12-17)21(16-9-3-1-4-10-16)28-24(30)22(29)19-15-27-20-14-8-7-13-18(19)20/h1-15,21,23,27H,(H2,26,31)(H,28,30)/t21-,23-/m1/s1. The number of Topliss-reactive ketones (excluding diaryl/α,β-unsaturated/α-hetero) is 1. The van der Waals surface area contributed by atoms with Gasteiger partial charge < -0.3 is 20.8 Å². The number of ether oxygens (including phenoxy) is 1. The zero-order valence-corrected chi connectivity index (χ0v) is 17.0. The average Bonchev–Trinajstić information content (AvgIpc) is 3.26. The molecule has 0 fully saturated rings. The second-order valence-corrected chi connectivity index (χ2v) is 7.21. The van der Waals surface area contributed by atoms with Gasteiger partial charge in [0, 0.05) is 17.1 Å². The number of amides is 2. The number of H-pyrrole nitrogens is 1. The molecule has 4 aromatic rings. The maximum Gasteiger partial charge on any atom is 0.405 e. The molecule has 0 radical (unpaired) electrons. The number of hydrogen-bond acceptors (Lipinski definition) is 4. The van der Waals surface area contributed by atoms with Crippen LogP contribution >= 0.6 is 0 Å². The van der Waals surface area contributed by atoms with E-state index in [1.165, 1.54) is 6.20 Å². The summed E-state index contributed by atoms with van der Waals surface area (Å²) in [6, 6.07) is 24.3. The number of carbonyl (C=O) groups is 3. The summed E-state index contributed by atoms with van der Waals surface area (Å²) in [5.41, 5.74) is 7.63. The third-order valence-corrected chi connectivity index (χ3v) is 5.16. The molecule has 0 saturated carbocycles. The first kappa shape index (κ1) is 20.9. The molecule has 1 aromatic heterocycles. The molecular weight excluding hydrogens is 406 g/mol. The maximum absolute atomic E-state index is 13.0. The molecule has 160 valence electrons. The number of carbonyl (C=O) groups excluding carboxylic acids is 3. The van der Waals surface area contributed by atoms with Gasteiger partial charge in [-0.1, -0.05) is 78.9 Å². The summed E-state index contributed by atoms with van der Waals surface area (Å²) in [5, 5.41) is 3.40. The van der Waals surface area contributed by atoms with E-state index in [0.29, 0.717) is 16.5 Å². The van der Waals surface area contributed by atoms with Crippen LogP contribution in [0.4, 0.5) is 4.79 Å². The highest BCUT2D eigenvalue weighted by Crippen LogP contribution is 2.32. The number of fused-ring (bicyclic) bond motifs is 1. The van der Waals surface area contributed by atoms with Crippen molar-refractivity contribution in [1.82, 2.24) is 10.3 Å². The van der Waals surface area contributed by atoms with Gasteiger partial charge in [0.05, 0.1) is 11.6 Å². The Bertz CT molecular complexity index is 1250. The van der Waals surface area contributed by atoms with Crippen molar-refractivity contribution in [1.29, 1.82) is 0 Å². The predicted octanol–water partition coefficient (Wildman–Crippen LogP) is 4.04. The van der Waals surface area contributed by atoms with Gasteiger partial charge in [0.1, 0.15) is 0 Å². The second kappa shape index (κ2) is 9.18. The number of aromatic amines is 1. The summed E-state index contributed by atoms with van der Waals surface area (Å²) in [5.74, 6) is -1.52.